The molecule has 1 atom stereocenters. The van der Waals surface area contributed by atoms with Crippen molar-refractivity contribution in [2.24, 2.45) is 0 Å². The predicted octanol–water partition coefficient (Wildman–Crippen LogP) is 4.37. The molecule has 23 heavy (non-hydrogen) atoms. The molecule has 0 aromatic heterocycles. The van der Waals surface area contributed by atoms with E-state index in [-0.39, 0.29) is 23.8 Å². The topological polar surface area (TPSA) is 81.5 Å². The summed E-state index contributed by atoms with van der Waals surface area (Å²) in [6, 6.07) is 5.65. The summed E-state index contributed by atoms with van der Waals surface area (Å²) in [4.78, 5) is 22.3. The molecule has 1 aromatic rings. The number of nitro benzene ring substituents is 1. The van der Waals surface area contributed by atoms with E-state index in [1.807, 2.05) is 6.92 Å². The normalized spacial score (nSPS) is 12.5. The lowest BCUT2D eigenvalue weighted by molar-refractivity contribution is -0.386. The van der Waals surface area contributed by atoms with Crippen LogP contribution in [0.2, 0.25) is 0 Å². The summed E-state index contributed by atoms with van der Waals surface area (Å²) in [5.74, 6) is -0.448. The first kappa shape index (κ1) is 19.8. The summed E-state index contributed by atoms with van der Waals surface area (Å²) in [5, 5.41) is 13.4. The molecule has 128 valence electrons. The van der Waals surface area contributed by atoms with Crippen LogP contribution in [-0.2, 0) is 4.79 Å². The number of nitrogens with zero attached hydrogens (tertiary/aromatic N) is 1. The highest BCUT2D eigenvalue weighted by atomic mass is 35.6. The fraction of sp³-hybridized carbons (Fsp3) is 0.500. The average Bonchev–Trinajstić information content (AvgIpc) is 2.46. The summed E-state index contributed by atoms with van der Waals surface area (Å²) in [6.45, 7) is 2.01. The van der Waals surface area contributed by atoms with E-state index in [2.05, 4.69) is 5.32 Å². The number of amides is 1. The van der Waals surface area contributed by atoms with Gasteiger partial charge in [0.15, 0.2) is 5.75 Å². The fourth-order valence-electron chi connectivity index (χ4n) is 1.77. The van der Waals surface area contributed by atoms with Crippen LogP contribution in [0, 0.1) is 10.1 Å². The second kappa shape index (κ2) is 9.15. The van der Waals surface area contributed by atoms with Gasteiger partial charge in [0, 0.05) is 12.5 Å². The maximum Gasteiger partial charge on any atom is 0.311 e. The maximum atomic E-state index is 11.9. The van der Waals surface area contributed by atoms with E-state index < -0.39 is 14.9 Å². The van der Waals surface area contributed by atoms with Crippen molar-refractivity contribution in [3.8, 4) is 5.75 Å². The van der Waals surface area contributed by atoms with Crippen LogP contribution in [0.5, 0.6) is 5.75 Å². The Bertz CT molecular complexity index is 549. The third-order valence-electron chi connectivity index (χ3n) is 2.90. The second-order valence-electron chi connectivity index (χ2n) is 4.79. The molecule has 1 N–H and O–H groups in total. The minimum atomic E-state index is -1.98. The van der Waals surface area contributed by atoms with Crippen LogP contribution in [0.1, 0.15) is 32.6 Å². The van der Waals surface area contributed by atoms with Gasteiger partial charge in [0.25, 0.3) is 0 Å². The van der Waals surface area contributed by atoms with Crippen molar-refractivity contribution in [1.29, 1.82) is 0 Å². The Morgan fingerprint density at radius 1 is 1.35 bits per heavy atom. The number of unbranched alkanes of at least 4 members (excludes halogenated alkanes) is 2. The fourth-order valence-corrected chi connectivity index (χ4v) is 2.06. The Labute approximate surface area is 149 Å². The average molecular weight is 384 g/mol. The highest BCUT2D eigenvalue weighted by Gasteiger charge is 2.37. The summed E-state index contributed by atoms with van der Waals surface area (Å²) in [5.41, 5.74) is -0.285. The van der Waals surface area contributed by atoms with Gasteiger partial charge in [-0.05, 0) is 12.5 Å². The molecule has 0 radical (unpaired) electrons. The van der Waals surface area contributed by atoms with E-state index >= 15 is 0 Å². The molecule has 0 unspecified atom stereocenters. The number of rotatable bonds is 8. The van der Waals surface area contributed by atoms with E-state index in [4.69, 9.17) is 39.5 Å². The number of ether oxygens (including phenoxy) is 1. The van der Waals surface area contributed by atoms with Crippen LogP contribution in [0.3, 0.4) is 0 Å². The van der Waals surface area contributed by atoms with Crippen molar-refractivity contribution in [3.05, 3.63) is 34.4 Å². The van der Waals surface area contributed by atoms with Crippen LogP contribution in [0.15, 0.2) is 24.3 Å². The minimum Gasteiger partial charge on any atom is -0.459 e. The van der Waals surface area contributed by atoms with Gasteiger partial charge in [-0.2, -0.15) is 0 Å². The van der Waals surface area contributed by atoms with Gasteiger partial charge in [-0.3, -0.25) is 14.9 Å². The molecule has 1 aromatic carbocycles. The first-order valence-corrected chi connectivity index (χ1v) is 8.15. The Balaban J connectivity index is 2.84. The summed E-state index contributed by atoms with van der Waals surface area (Å²) >= 11 is 17.4. The molecule has 0 spiro atoms. The van der Waals surface area contributed by atoms with Gasteiger partial charge < -0.3 is 10.1 Å². The van der Waals surface area contributed by atoms with Crippen LogP contribution < -0.4 is 10.1 Å². The smallest absolute Gasteiger partial charge is 0.311 e. The highest BCUT2D eigenvalue weighted by molar-refractivity contribution is 6.68. The Kier molecular flexibility index (Phi) is 7.88. The van der Waals surface area contributed by atoms with Gasteiger partial charge in [0.05, 0.1) is 4.92 Å². The zero-order valence-electron chi connectivity index (χ0n) is 12.4. The predicted molar refractivity (Wildman–Crippen MR) is 90.1 cm³/mol. The van der Waals surface area contributed by atoms with Crippen LogP contribution in [0.25, 0.3) is 0 Å². The number of nitrogens with one attached hydrogen (secondary N) is 1. The lowest BCUT2D eigenvalue weighted by Crippen LogP contribution is -2.47. The quantitative estimate of drug-likeness (QED) is 0.238. The third kappa shape index (κ3) is 6.81. The van der Waals surface area contributed by atoms with Gasteiger partial charge in [-0.15, -0.1) is 0 Å². The second-order valence-corrected chi connectivity index (χ2v) is 7.16. The van der Waals surface area contributed by atoms with E-state index in [9.17, 15) is 14.9 Å². The summed E-state index contributed by atoms with van der Waals surface area (Å²) in [6.07, 6.45) is 1.47. The number of benzene rings is 1. The molecule has 0 bridgehead atoms. The first-order valence-electron chi connectivity index (χ1n) is 7.02. The van der Waals surface area contributed by atoms with Gasteiger partial charge in [-0.1, -0.05) is 66.7 Å². The van der Waals surface area contributed by atoms with E-state index in [0.717, 1.165) is 12.8 Å². The molecular weight excluding hydrogens is 367 g/mol. The third-order valence-corrected chi connectivity index (χ3v) is 3.50. The number of hydrogen-bond donors (Lipinski definition) is 1. The monoisotopic (exact) mass is 382 g/mol. The Hall–Kier alpha value is -1.24. The summed E-state index contributed by atoms with van der Waals surface area (Å²) < 4.78 is 3.40. The van der Waals surface area contributed by atoms with Crippen molar-refractivity contribution in [3.63, 3.8) is 0 Å². The number of hydrogen-bond acceptors (Lipinski definition) is 4. The minimum absolute atomic E-state index is 0.0947. The SMILES string of the molecule is CCCCCC(=O)N[C@H](Oc1ccccc1[N+](=O)[O-])C(Cl)(Cl)Cl. The van der Waals surface area contributed by atoms with Crippen molar-refractivity contribution < 1.29 is 14.5 Å². The largest absolute Gasteiger partial charge is 0.459 e. The van der Waals surface area contributed by atoms with Crippen molar-refractivity contribution in [1.82, 2.24) is 5.32 Å². The lowest BCUT2D eigenvalue weighted by atomic mass is 10.2. The van der Waals surface area contributed by atoms with Crippen LogP contribution in [-0.4, -0.2) is 20.9 Å². The number of alkyl halides is 3. The standard InChI is InChI=1S/C14H17Cl3N2O4/c1-2-3-4-9-12(20)18-13(14(15,16)17)23-11-8-6-5-7-10(11)19(21)22/h5-8,13H,2-4,9H2,1H3,(H,18,20)/t13-/m1/s1. The van der Waals surface area contributed by atoms with Crippen molar-refractivity contribution in [2.75, 3.05) is 0 Å². The van der Waals surface area contributed by atoms with Crippen molar-refractivity contribution >= 4 is 46.4 Å². The number of halogens is 3. The zero-order valence-corrected chi connectivity index (χ0v) is 14.7. The van der Waals surface area contributed by atoms with Crippen LogP contribution >= 0.6 is 34.8 Å². The molecule has 1 rings (SSSR count). The maximum absolute atomic E-state index is 11.9. The van der Waals surface area contributed by atoms with Crippen molar-refractivity contribution in [2.45, 2.75) is 42.6 Å². The number of carbonyl (C=O) groups is 1. The van der Waals surface area contributed by atoms with Crippen LogP contribution in [0.4, 0.5) is 5.69 Å². The Morgan fingerprint density at radius 2 is 2.00 bits per heavy atom. The molecule has 0 saturated carbocycles. The van der Waals surface area contributed by atoms with Gasteiger partial charge in [-0.25, -0.2) is 0 Å². The lowest BCUT2D eigenvalue weighted by Gasteiger charge is -2.26. The number of para-hydroxylation sites is 2. The molecule has 0 saturated heterocycles. The molecule has 9 heteroatoms. The molecule has 0 heterocycles. The van der Waals surface area contributed by atoms with Gasteiger partial charge in [0.2, 0.25) is 15.9 Å². The summed E-state index contributed by atoms with van der Waals surface area (Å²) in [7, 11) is 0. The number of nitro groups is 1. The van der Waals surface area contributed by atoms with Gasteiger partial charge >= 0.3 is 5.69 Å². The molecule has 0 fully saturated rings. The molecule has 0 aliphatic heterocycles. The first-order chi connectivity index (χ1) is 10.8. The molecule has 0 aliphatic carbocycles. The van der Waals surface area contributed by atoms with E-state index in [1.54, 1.807) is 6.07 Å². The molecule has 1 amide bonds. The van der Waals surface area contributed by atoms with E-state index in [1.165, 1.54) is 18.2 Å². The van der Waals surface area contributed by atoms with E-state index in [0.29, 0.717) is 6.42 Å². The molecule has 6 nitrogen and oxygen atoms in total. The van der Waals surface area contributed by atoms with Gasteiger partial charge in [0.1, 0.15) is 0 Å². The number of carbonyl (C=O) groups excluding carboxylic acids is 1. The molecular formula is C14H17Cl3N2O4. The Morgan fingerprint density at radius 3 is 2.57 bits per heavy atom. The molecule has 0 aliphatic rings. The highest BCUT2D eigenvalue weighted by Crippen LogP contribution is 2.34. The zero-order chi connectivity index (χ0) is 17.5.